The average molecular weight is 407 g/mol. The monoisotopic (exact) mass is 407 g/mol. The molecule has 1 saturated carbocycles. The Bertz CT molecular complexity index is 1320. The van der Waals surface area contributed by atoms with Crippen LogP contribution >= 0.6 is 0 Å². The summed E-state index contributed by atoms with van der Waals surface area (Å²) < 4.78 is 35.4. The lowest BCUT2D eigenvalue weighted by atomic mass is 10.2. The second-order valence-electron chi connectivity index (χ2n) is 7.58. The molecule has 1 aliphatic rings. The number of halogens is 2. The summed E-state index contributed by atoms with van der Waals surface area (Å²) in [6.07, 6.45) is 5.91. The fraction of sp³-hybridized carbons (Fsp3) is 0.217. The first-order chi connectivity index (χ1) is 14.5. The molecule has 5 rings (SSSR count). The summed E-state index contributed by atoms with van der Waals surface area (Å²) in [4.78, 5) is 17.4. The molecular formula is C23H19F2N3O2. The molecule has 3 aromatic heterocycles. The fourth-order valence-corrected chi connectivity index (χ4v) is 3.62. The van der Waals surface area contributed by atoms with E-state index in [4.69, 9.17) is 9.72 Å². The summed E-state index contributed by atoms with van der Waals surface area (Å²) in [6, 6.07) is 10.4. The summed E-state index contributed by atoms with van der Waals surface area (Å²) in [7, 11) is 0. The van der Waals surface area contributed by atoms with Gasteiger partial charge in [-0.1, -0.05) is 6.07 Å². The Morgan fingerprint density at radius 3 is 2.67 bits per heavy atom. The van der Waals surface area contributed by atoms with E-state index in [0.717, 1.165) is 34.9 Å². The van der Waals surface area contributed by atoms with E-state index in [-0.39, 0.29) is 12.2 Å². The van der Waals surface area contributed by atoms with Crippen molar-refractivity contribution in [2.75, 3.05) is 0 Å². The van der Waals surface area contributed by atoms with Crippen LogP contribution in [-0.2, 0) is 6.61 Å². The van der Waals surface area contributed by atoms with E-state index in [0.29, 0.717) is 17.2 Å². The molecular weight excluding hydrogens is 388 g/mol. The van der Waals surface area contributed by atoms with Crippen LogP contribution in [0.1, 0.15) is 35.7 Å². The van der Waals surface area contributed by atoms with Gasteiger partial charge >= 0.3 is 0 Å². The predicted molar refractivity (Wildman–Crippen MR) is 108 cm³/mol. The lowest BCUT2D eigenvalue weighted by molar-refractivity contribution is 0.304. The third-order valence-electron chi connectivity index (χ3n) is 5.40. The number of imidazole rings is 1. The van der Waals surface area contributed by atoms with Crippen molar-refractivity contribution in [1.29, 1.82) is 0 Å². The normalized spacial score (nSPS) is 13.7. The minimum absolute atomic E-state index is 0.0325. The molecule has 30 heavy (non-hydrogen) atoms. The summed E-state index contributed by atoms with van der Waals surface area (Å²) in [5.41, 5.74) is 4.07. The number of aromatic nitrogens is 3. The Morgan fingerprint density at radius 2 is 1.93 bits per heavy atom. The molecule has 7 heteroatoms. The molecule has 4 aromatic rings. The molecule has 5 nitrogen and oxygen atoms in total. The second-order valence-corrected chi connectivity index (χ2v) is 7.58. The number of aryl methyl sites for hydroxylation is 1. The predicted octanol–water partition coefficient (Wildman–Crippen LogP) is 4.53. The van der Waals surface area contributed by atoms with E-state index in [2.05, 4.69) is 6.92 Å². The number of hydrogen-bond donors (Lipinski definition) is 0. The number of hydrogen-bond acceptors (Lipinski definition) is 3. The molecule has 0 atom stereocenters. The SMILES string of the molecule is Cc1c(C2CC2)nc2ccc(-n3ccc(OCc4ccc(F)c(F)c4)cc3=O)cn12. The van der Waals surface area contributed by atoms with Gasteiger partial charge in [-0.2, -0.15) is 0 Å². The number of benzene rings is 1. The smallest absolute Gasteiger partial charge is 0.258 e. The molecule has 0 unspecified atom stereocenters. The number of rotatable bonds is 5. The maximum absolute atomic E-state index is 13.3. The van der Waals surface area contributed by atoms with Gasteiger partial charge in [-0.3, -0.25) is 9.36 Å². The average Bonchev–Trinajstić information content (AvgIpc) is 3.53. The molecule has 152 valence electrons. The lowest BCUT2D eigenvalue weighted by Crippen LogP contribution is -2.17. The maximum Gasteiger partial charge on any atom is 0.258 e. The first kappa shape index (κ1) is 18.5. The van der Waals surface area contributed by atoms with Crippen LogP contribution in [0.5, 0.6) is 5.75 Å². The Kier molecular flexibility index (Phi) is 4.38. The van der Waals surface area contributed by atoms with Crippen LogP contribution in [0.15, 0.2) is 59.7 Å². The Morgan fingerprint density at radius 1 is 1.10 bits per heavy atom. The van der Waals surface area contributed by atoms with Gasteiger partial charge in [-0.05, 0) is 55.7 Å². The quantitative estimate of drug-likeness (QED) is 0.489. The van der Waals surface area contributed by atoms with Crippen LogP contribution in [0.4, 0.5) is 8.78 Å². The molecule has 1 fully saturated rings. The zero-order valence-corrected chi connectivity index (χ0v) is 16.3. The van der Waals surface area contributed by atoms with Gasteiger partial charge in [0.15, 0.2) is 11.6 Å². The van der Waals surface area contributed by atoms with E-state index in [1.165, 1.54) is 29.5 Å². The van der Waals surface area contributed by atoms with Gasteiger partial charge in [0.25, 0.3) is 5.56 Å². The van der Waals surface area contributed by atoms with Gasteiger partial charge in [0, 0.05) is 30.1 Å². The standard InChI is InChI=1S/C23H19F2N3O2/c1-14-23(16-3-4-16)26-21-7-5-17(12-28(14)21)27-9-8-18(11-22(27)29)30-13-15-2-6-19(24)20(25)10-15/h2,5-12,16H,3-4,13H2,1H3. The van der Waals surface area contributed by atoms with Crippen molar-refractivity contribution in [3.63, 3.8) is 0 Å². The van der Waals surface area contributed by atoms with Crippen LogP contribution in [0, 0.1) is 18.6 Å². The Hall–Kier alpha value is -3.48. The van der Waals surface area contributed by atoms with Crippen molar-refractivity contribution in [2.45, 2.75) is 32.3 Å². The highest BCUT2D eigenvalue weighted by atomic mass is 19.2. The van der Waals surface area contributed by atoms with Crippen LogP contribution in [0.2, 0.25) is 0 Å². The minimum atomic E-state index is -0.929. The van der Waals surface area contributed by atoms with Crippen molar-refractivity contribution in [3.05, 3.63) is 93.8 Å². The van der Waals surface area contributed by atoms with Crippen LogP contribution in [0.25, 0.3) is 11.3 Å². The highest BCUT2D eigenvalue weighted by Gasteiger charge is 2.28. The number of nitrogens with zero attached hydrogens (tertiary/aromatic N) is 3. The molecule has 0 bridgehead atoms. The molecule has 0 N–H and O–H groups in total. The van der Waals surface area contributed by atoms with Gasteiger partial charge in [-0.15, -0.1) is 0 Å². The van der Waals surface area contributed by atoms with E-state index >= 15 is 0 Å². The Labute approximate surface area is 171 Å². The lowest BCUT2D eigenvalue weighted by Gasteiger charge is -2.10. The van der Waals surface area contributed by atoms with Crippen molar-refractivity contribution in [1.82, 2.24) is 14.0 Å². The van der Waals surface area contributed by atoms with Crippen molar-refractivity contribution in [2.24, 2.45) is 0 Å². The molecule has 0 saturated heterocycles. The molecule has 0 aliphatic heterocycles. The van der Waals surface area contributed by atoms with Crippen molar-refractivity contribution < 1.29 is 13.5 Å². The van der Waals surface area contributed by atoms with Crippen molar-refractivity contribution in [3.8, 4) is 11.4 Å². The summed E-state index contributed by atoms with van der Waals surface area (Å²) in [5.74, 6) is -0.920. The number of ether oxygens (including phenoxy) is 1. The van der Waals surface area contributed by atoms with Gasteiger partial charge in [0.1, 0.15) is 18.0 Å². The maximum atomic E-state index is 13.3. The van der Waals surface area contributed by atoms with E-state index < -0.39 is 11.6 Å². The van der Waals surface area contributed by atoms with Gasteiger partial charge in [0.2, 0.25) is 0 Å². The topological polar surface area (TPSA) is 48.5 Å². The van der Waals surface area contributed by atoms with Gasteiger partial charge < -0.3 is 9.14 Å². The van der Waals surface area contributed by atoms with Gasteiger partial charge in [0.05, 0.1) is 11.4 Å². The molecule has 1 aliphatic carbocycles. The minimum Gasteiger partial charge on any atom is -0.489 e. The molecule has 0 spiro atoms. The highest BCUT2D eigenvalue weighted by Crippen LogP contribution is 2.41. The first-order valence-corrected chi connectivity index (χ1v) is 9.78. The van der Waals surface area contributed by atoms with E-state index in [1.807, 2.05) is 22.7 Å². The zero-order valence-electron chi connectivity index (χ0n) is 16.3. The summed E-state index contributed by atoms with van der Waals surface area (Å²) >= 11 is 0. The summed E-state index contributed by atoms with van der Waals surface area (Å²) in [5, 5.41) is 0. The summed E-state index contributed by atoms with van der Waals surface area (Å²) in [6.45, 7) is 2.08. The van der Waals surface area contributed by atoms with E-state index in [1.54, 1.807) is 12.3 Å². The van der Waals surface area contributed by atoms with Crippen molar-refractivity contribution >= 4 is 5.65 Å². The Balaban J connectivity index is 1.39. The third-order valence-corrected chi connectivity index (χ3v) is 5.40. The number of fused-ring (bicyclic) bond motifs is 1. The highest BCUT2D eigenvalue weighted by molar-refractivity contribution is 5.49. The zero-order chi connectivity index (χ0) is 20.8. The third kappa shape index (κ3) is 3.36. The molecule has 0 radical (unpaired) electrons. The second kappa shape index (κ2) is 7.09. The largest absolute Gasteiger partial charge is 0.489 e. The van der Waals surface area contributed by atoms with Gasteiger partial charge in [-0.25, -0.2) is 13.8 Å². The molecule has 3 heterocycles. The first-order valence-electron chi connectivity index (χ1n) is 9.78. The van der Waals surface area contributed by atoms with Crippen LogP contribution in [-0.4, -0.2) is 14.0 Å². The van der Waals surface area contributed by atoms with E-state index in [9.17, 15) is 13.6 Å². The van der Waals surface area contributed by atoms with Crippen LogP contribution in [0.3, 0.4) is 0 Å². The van der Waals surface area contributed by atoms with Crippen LogP contribution < -0.4 is 10.3 Å². The fourth-order valence-electron chi connectivity index (χ4n) is 3.62. The molecule has 0 amide bonds. The molecule has 1 aromatic carbocycles. The number of pyridine rings is 2.